The first kappa shape index (κ1) is 24.5. The second-order valence-electron chi connectivity index (χ2n) is 5.72. The molecule has 0 saturated heterocycles. The van der Waals surface area contributed by atoms with Crippen LogP contribution in [0, 0.1) is 0 Å². The number of hydrogen-bond acceptors (Lipinski definition) is 10. The number of rotatable bonds is 12. The predicted molar refractivity (Wildman–Crippen MR) is 101 cm³/mol. The minimum atomic E-state index is -1.27. The lowest BCUT2D eigenvalue weighted by Crippen LogP contribution is -2.27. The van der Waals surface area contributed by atoms with E-state index >= 15 is 0 Å². The number of aliphatic hydroxyl groups excluding tert-OH is 2. The summed E-state index contributed by atoms with van der Waals surface area (Å²) >= 11 is 0. The second kappa shape index (κ2) is 12.9. The summed E-state index contributed by atoms with van der Waals surface area (Å²) in [7, 11) is 0. The van der Waals surface area contributed by atoms with E-state index in [9.17, 15) is 29.4 Å². The molecule has 2 unspecified atom stereocenters. The molecule has 0 saturated carbocycles. The summed E-state index contributed by atoms with van der Waals surface area (Å²) in [6.07, 6.45) is -0.710. The maximum Gasteiger partial charge on any atom is 0.339 e. The zero-order valence-corrected chi connectivity index (χ0v) is 16.0. The summed E-state index contributed by atoms with van der Waals surface area (Å²) in [5, 5.41) is 19.3. The van der Waals surface area contributed by atoms with Gasteiger partial charge in [-0.05, 0) is 12.1 Å². The predicted octanol–water partition coefficient (Wildman–Crippen LogP) is 0.180. The zero-order chi connectivity index (χ0) is 22.5. The van der Waals surface area contributed by atoms with E-state index in [1.54, 1.807) is 0 Å². The number of ether oxygens (including phenoxy) is 4. The van der Waals surface area contributed by atoms with Gasteiger partial charge in [0, 0.05) is 12.2 Å². The van der Waals surface area contributed by atoms with E-state index in [2.05, 4.69) is 22.6 Å². The number of aliphatic hydroxyl groups is 2. The maximum absolute atomic E-state index is 12.2. The summed E-state index contributed by atoms with van der Waals surface area (Å²) in [5.74, 6) is -3.32. The quantitative estimate of drug-likeness (QED) is 0.272. The first-order valence-corrected chi connectivity index (χ1v) is 8.66. The SMILES string of the molecule is C=CC(=O)OCC(O)COC(=O)c1ccccc1C(=O)OCC(O)COC(=O)C=C. The van der Waals surface area contributed by atoms with Crippen LogP contribution >= 0.6 is 0 Å². The van der Waals surface area contributed by atoms with Crippen LogP contribution in [0.3, 0.4) is 0 Å². The first-order valence-electron chi connectivity index (χ1n) is 8.66. The molecule has 0 fully saturated rings. The third-order valence-corrected chi connectivity index (χ3v) is 3.35. The zero-order valence-electron chi connectivity index (χ0n) is 16.0. The van der Waals surface area contributed by atoms with Crippen LogP contribution in [0.2, 0.25) is 0 Å². The highest BCUT2D eigenvalue weighted by Gasteiger charge is 2.21. The molecule has 162 valence electrons. The van der Waals surface area contributed by atoms with Crippen LogP contribution in [0.1, 0.15) is 20.7 Å². The first-order chi connectivity index (χ1) is 14.3. The summed E-state index contributed by atoms with van der Waals surface area (Å²) in [6.45, 7) is 4.61. The normalized spacial score (nSPS) is 12.1. The van der Waals surface area contributed by atoms with Gasteiger partial charge in [-0.3, -0.25) is 0 Å². The second-order valence-corrected chi connectivity index (χ2v) is 5.72. The van der Waals surface area contributed by atoms with Crippen molar-refractivity contribution in [2.75, 3.05) is 26.4 Å². The number of hydrogen-bond donors (Lipinski definition) is 2. The highest BCUT2D eigenvalue weighted by molar-refractivity contribution is 6.03. The Bertz CT molecular complexity index is 721. The molecule has 0 spiro atoms. The largest absolute Gasteiger partial charge is 0.460 e. The van der Waals surface area contributed by atoms with Crippen molar-refractivity contribution in [3.63, 3.8) is 0 Å². The van der Waals surface area contributed by atoms with Gasteiger partial charge >= 0.3 is 23.9 Å². The van der Waals surface area contributed by atoms with Gasteiger partial charge in [-0.2, -0.15) is 0 Å². The molecule has 2 N–H and O–H groups in total. The Labute approximate surface area is 172 Å². The monoisotopic (exact) mass is 422 g/mol. The summed E-state index contributed by atoms with van der Waals surface area (Å²) in [5.41, 5.74) is -0.268. The molecule has 1 rings (SSSR count). The molecule has 1 aromatic rings. The smallest absolute Gasteiger partial charge is 0.339 e. The van der Waals surface area contributed by atoms with E-state index in [-0.39, 0.29) is 11.1 Å². The molecule has 0 heterocycles. The molecule has 10 nitrogen and oxygen atoms in total. The van der Waals surface area contributed by atoms with Gasteiger partial charge in [-0.25, -0.2) is 19.2 Å². The Morgan fingerprint density at radius 1 is 0.733 bits per heavy atom. The average Bonchev–Trinajstić information content (AvgIpc) is 2.77. The van der Waals surface area contributed by atoms with Crippen LogP contribution in [0.25, 0.3) is 0 Å². The fourth-order valence-electron chi connectivity index (χ4n) is 1.91. The summed E-state index contributed by atoms with van der Waals surface area (Å²) in [4.78, 5) is 46.3. The molecule has 0 aromatic heterocycles. The Kier molecular flexibility index (Phi) is 10.5. The third-order valence-electron chi connectivity index (χ3n) is 3.35. The molecule has 30 heavy (non-hydrogen) atoms. The fraction of sp³-hybridized carbons (Fsp3) is 0.300. The Morgan fingerprint density at radius 2 is 1.07 bits per heavy atom. The maximum atomic E-state index is 12.2. The van der Waals surface area contributed by atoms with Crippen molar-refractivity contribution in [3.05, 3.63) is 60.7 Å². The number of carbonyl (C=O) groups excluding carboxylic acids is 4. The molecule has 10 heteroatoms. The summed E-state index contributed by atoms with van der Waals surface area (Å²) in [6, 6.07) is 5.59. The Balaban J connectivity index is 2.61. The van der Waals surface area contributed by atoms with E-state index in [1.807, 2.05) is 0 Å². The van der Waals surface area contributed by atoms with E-state index in [4.69, 9.17) is 9.47 Å². The van der Waals surface area contributed by atoms with Crippen molar-refractivity contribution >= 4 is 23.9 Å². The molecule has 0 amide bonds. The van der Waals surface area contributed by atoms with E-state index < -0.39 is 62.5 Å². The van der Waals surface area contributed by atoms with Crippen LogP contribution in [0.15, 0.2) is 49.6 Å². The number of benzene rings is 1. The van der Waals surface area contributed by atoms with Gasteiger partial charge in [0.05, 0.1) is 11.1 Å². The Morgan fingerprint density at radius 3 is 1.40 bits per heavy atom. The molecule has 2 atom stereocenters. The van der Waals surface area contributed by atoms with Crippen molar-refractivity contribution in [2.24, 2.45) is 0 Å². The number of esters is 4. The van der Waals surface area contributed by atoms with Gasteiger partial charge < -0.3 is 29.2 Å². The average molecular weight is 422 g/mol. The van der Waals surface area contributed by atoms with Gasteiger partial charge in [0.15, 0.2) is 0 Å². The van der Waals surface area contributed by atoms with Gasteiger partial charge in [0.1, 0.15) is 38.6 Å². The van der Waals surface area contributed by atoms with Crippen molar-refractivity contribution in [2.45, 2.75) is 12.2 Å². The van der Waals surface area contributed by atoms with E-state index in [0.717, 1.165) is 12.2 Å². The van der Waals surface area contributed by atoms with Gasteiger partial charge in [0.25, 0.3) is 0 Å². The van der Waals surface area contributed by atoms with E-state index in [1.165, 1.54) is 24.3 Å². The standard InChI is InChI=1S/C20H22O10/c1-3-17(23)27-9-13(21)11-29-19(25)15-7-5-6-8-16(15)20(26)30-12-14(22)10-28-18(24)4-2/h3-8,13-14,21-22H,1-2,9-12H2. The van der Waals surface area contributed by atoms with Crippen molar-refractivity contribution in [1.82, 2.24) is 0 Å². The fourth-order valence-corrected chi connectivity index (χ4v) is 1.91. The molecular weight excluding hydrogens is 400 g/mol. The molecule has 0 aliphatic carbocycles. The molecular formula is C20H22O10. The van der Waals surface area contributed by atoms with Crippen molar-refractivity contribution < 1.29 is 48.3 Å². The van der Waals surface area contributed by atoms with Gasteiger partial charge in [-0.1, -0.05) is 25.3 Å². The topological polar surface area (TPSA) is 146 Å². The van der Waals surface area contributed by atoms with Crippen LogP contribution in [-0.2, 0) is 28.5 Å². The van der Waals surface area contributed by atoms with Crippen LogP contribution in [0.5, 0.6) is 0 Å². The van der Waals surface area contributed by atoms with Crippen molar-refractivity contribution in [3.8, 4) is 0 Å². The highest BCUT2D eigenvalue weighted by atomic mass is 16.6. The minimum absolute atomic E-state index is 0.134. The molecule has 0 bridgehead atoms. The van der Waals surface area contributed by atoms with Crippen LogP contribution < -0.4 is 0 Å². The lowest BCUT2D eigenvalue weighted by atomic mass is 10.1. The van der Waals surface area contributed by atoms with Crippen molar-refractivity contribution in [1.29, 1.82) is 0 Å². The highest BCUT2D eigenvalue weighted by Crippen LogP contribution is 2.12. The lowest BCUT2D eigenvalue weighted by Gasteiger charge is -2.14. The third kappa shape index (κ3) is 8.67. The molecule has 1 aromatic carbocycles. The lowest BCUT2D eigenvalue weighted by molar-refractivity contribution is -0.142. The molecule has 0 aliphatic rings. The molecule has 0 radical (unpaired) electrons. The van der Waals surface area contributed by atoms with Gasteiger partial charge in [0.2, 0.25) is 0 Å². The minimum Gasteiger partial charge on any atom is -0.460 e. The Hall–Kier alpha value is -3.50. The molecule has 0 aliphatic heterocycles. The summed E-state index contributed by atoms with van der Waals surface area (Å²) < 4.78 is 19.1. The number of carbonyl (C=O) groups is 4. The van der Waals surface area contributed by atoms with Crippen LogP contribution in [-0.4, -0.2) is 72.7 Å². The van der Waals surface area contributed by atoms with Gasteiger partial charge in [-0.15, -0.1) is 0 Å². The van der Waals surface area contributed by atoms with Crippen LogP contribution in [0.4, 0.5) is 0 Å². The van der Waals surface area contributed by atoms with E-state index in [0.29, 0.717) is 0 Å².